The molecule has 1 amide bonds. The van der Waals surface area contributed by atoms with Crippen molar-refractivity contribution in [3.63, 3.8) is 0 Å². The van der Waals surface area contributed by atoms with Gasteiger partial charge in [0.15, 0.2) is 0 Å². The van der Waals surface area contributed by atoms with Crippen LogP contribution in [0.2, 0.25) is 0 Å². The molecule has 0 fully saturated rings. The van der Waals surface area contributed by atoms with Crippen LogP contribution in [0.15, 0.2) is 35.8 Å². The molecule has 0 aliphatic rings. The first-order valence-electron chi connectivity index (χ1n) is 7.19. The molecular formula is C16H21N3OS. The molecule has 0 aliphatic carbocycles. The largest absolute Gasteiger partial charge is 0.330 e. The summed E-state index contributed by atoms with van der Waals surface area (Å²) in [5.74, 6) is 0.550. The lowest BCUT2D eigenvalue weighted by Gasteiger charge is -2.10. The zero-order valence-corrected chi connectivity index (χ0v) is 13.0. The van der Waals surface area contributed by atoms with Crippen molar-refractivity contribution in [2.75, 3.05) is 11.9 Å². The quantitative estimate of drug-likeness (QED) is 0.822. The Morgan fingerprint density at radius 2 is 2.10 bits per heavy atom. The van der Waals surface area contributed by atoms with E-state index in [0.717, 1.165) is 29.1 Å². The smallest absolute Gasteiger partial charge is 0.224 e. The Bertz CT molecular complexity index is 551. The zero-order chi connectivity index (χ0) is 15.1. The lowest BCUT2D eigenvalue weighted by Crippen LogP contribution is -2.14. The average molecular weight is 303 g/mol. The molecule has 0 aliphatic heterocycles. The van der Waals surface area contributed by atoms with Crippen molar-refractivity contribution in [2.24, 2.45) is 11.7 Å². The Morgan fingerprint density at radius 1 is 1.33 bits per heavy atom. The van der Waals surface area contributed by atoms with Crippen molar-refractivity contribution < 1.29 is 4.79 Å². The van der Waals surface area contributed by atoms with Crippen molar-refractivity contribution in [3.8, 4) is 10.6 Å². The van der Waals surface area contributed by atoms with E-state index in [2.05, 4.69) is 17.2 Å². The average Bonchev–Trinajstić information content (AvgIpc) is 3.00. The van der Waals surface area contributed by atoms with E-state index in [-0.39, 0.29) is 5.91 Å². The first kappa shape index (κ1) is 15.7. The maximum Gasteiger partial charge on any atom is 0.224 e. The number of carbonyl (C=O) groups excluding carboxylic acids is 1. The molecule has 0 bridgehead atoms. The number of thiazole rings is 1. The van der Waals surface area contributed by atoms with Gasteiger partial charge in [0.2, 0.25) is 5.91 Å². The second kappa shape index (κ2) is 7.90. The van der Waals surface area contributed by atoms with E-state index in [0.29, 0.717) is 18.9 Å². The summed E-state index contributed by atoms with van der Waals surface area (Å²) in [5.41, 5.74) is 7.40. The first-order valence-corrected chi connectivity index (χ1v) is 8.07. The highest BCUT2D eigenvalue weighted by Gasteiger charge is 2.07. The lowest BCUT2D eigenvalue weighted by molar-refractivity contribution is -0.116. The topological polar surface area (TPSA) is 68.0 Å². The summed E-state index contributed by atoms with van der Waals surface area (Å²) < 4.78 is 0. The van der Waals surface area contributed by atoms with Gasteiger partial charge >= 0.3 is 0 Å². The van der Waals surface area contributed by atoms with Crippen molar-refractivity contribution in [1.29, 1.82) is 0 Å². The third-order valence-corrected chi connectivity index (χ3v) is 4.19. The molecule has 112 valence electrons. The van der Waals surface area contributed by atoms with Crippen molar-refractivity contribution in [3.05, 3.63) is 35.8 Å². The van der Waals surface area contributed by atoms with E-state index in [9.17, 15) is 4.79 Å². The fourth-order valence-electron chi connectivity index (χ4n) is 2.09. The molecule has 1 unspecified atom stereocenters. The van der Waals surface area contributed by atoms with Crippen LogP contribution in [-0.4, -0.2) is 17.4 Å². The molecule has 1 heterocycles. The van der Waals surface area contributed by atoms with Gasteiger partial charge in [-0.05, 0) is 49.6 Å². The molecule has 0 saturated heterocycles. The zero-order valence-electron chi connectivity index (χ0n) is 12.2. The molecule has 0 saturated carbocycles. The molecule has 1 aromatic heterocycles. The molecule has 1 aromatic carbocycles. The monoisotopic (exact) mass is 303 g/mol. The third-order valence-electron chi connectivity index (χ3n) is 3.37. The van der Waals surface area contributed by atoms with Crippen LogP contribution in [0.5, 0.6) is 0 Å². The molecule has 5 heteroatoms. The van der Waals surface area contributed by atoms with E-state index < -0.39 is 0 Å². The Kier molecular flexibility index (Phi) is 5.90. The molecule has 2 rings (SSSR count). The first-order chi connectivity index (χ1) is 10.2. The SMILES string of the molecule is CC(CCN)CCC(=O)Nc1ccc(-c2nccs2)cc1. The van der Waals surface area contributed by atoms with Gasteiger partial charge < -0.3 is 11.1 Å². The summed E-state index contributed by atoms with van der Waals surface area (Å²) in [6, 6.07) is 7.78. The summed E-state index contributed by atoms with van der Waals surface area (Å²) in [4.78, 5) is 16.1. The number of nitrogens with zero attached hydrogens (tertiary/aromatic N) is 1. The van der Waals surface area contributed by atoms with E-state index in [1.165, 1.54) is 0 Å². The van der Waals surface area contributed by atoms with Crippen molar-refractivity contribution >= 4 is 22.9 Å². The van der Waals surface area contributed by atoms with E-state index >= 15 is 0 Å². The predicted octanol–water partition coefficient (Wildman–Crippen LogP) is 3.51. The van der Waals surface area contributed by atoms with Gasteiger partial charge in [-0.2, -0.15) is 0 Å². The van der Waals surface area contributed by atoms with Crippen LogP contribution >= 0.6 is 11.3 Å². The Hall–Kier alpha value is -1.72. The number of aromatic nitrogens is 1. The Labute approximate surface area is 129 Å². The lowest BCUT2D eigenvalue weighted by atomic mass is 10.0. The number of nitrogens with one attached hydrogen (secondary N) is 1. The number of hydrogen-bond donors (Lipinski definition) is 2. The number of rotatable bonds is 7. The Balaban J connectivity index is 1.84. The number of carbonyl (C=O) groups is 1. The Morgan fingerprint density at radius 3 is 2.71 bits per heavy atom. The highest BCUT2D eigenvalue weighted by Crippen LogP contribution is 2.23. The van der Waals surface area contributed by atoms with Crippen molar-refractivity contribution in [1.82, 2.24) is 4.98 Å². The number of anilines is 1. The maximum atomic E-state index is 11.9. The minimum absolute atomic E-state index is 0.0564. The number of nitrogens with two attached hydrogens (primary N) is 1. The fourth-order valence-corrected chi connectivity index (χ4v) is 2.74. The second-order valence-corrected chi connectivity index (χ2v) is 6.08. The normalized spacial score (nSPS) is 12.1. The third kappa shape index (κ3) is 4.95. The van der Waals surface area contributed by atoms with Crippen molar-refractivity contribution in [2.45, 2.75) is 26.2 Å². The minimum atomic E-state index is 0.0564. The summed E-state index contributed by atoms with van der Waals surface area (Å²) in [5, 5.41) is 5.87. The molecule has 21 heavy (non-hydrogen) atoms. The highest BCUT2D eigenvalue weighted by molar-refractivity contribution is 7.13. The molecule has 0 radical (unpaired) electrons. The van der Waals surface area contributed by atoms with Crippen LogP contribution < -0.4 is 11.1 Å². The van der Waals surface area contributed by atoms with Crippen LogP contribution in [0.1, 0.15) is 26.2 Å². The van der Waals surface area contributed by atoms with Crippen LogP contribution in [0.3, 0.4) is 0 Å². The molecule has 0 spiro atoms. The fraction of sp³-hybridized carbons (Fsp3) is 0.375. The number of hydrogen-bond acceptors (Lipinski definition) is 4. The molecule has 3 N–H and O–H groups in total. The van der Waals surface area contributed by atoms with E-state index in [4.69, 9.17) is 5.73 Å². The number of benzene rings is 1. The highest BCUT2D eigenvalue weighted by atomic mass is 32.1. The molecule has 4 nitrogen and oxygen atoms in total. The van der Waals surface area contributed by atoms with Gasteiger partial charge in [0.25, 0.3) is 0 Å². The summed E-state index contributed by atoms with van der Waals surface area (Å²) >= 11 is 1.60. The molecular weight excluding hydrogens is 282 g/mol. The van der Waals surface area contributed by atoms with E-state index in [1.54, 1.807) is 17.5 Å². The second-order valence-electron chi connectivity index (χ2n) is 5.18. The summed E-state index contributed by atoms with van der Waals surface area (Å²) in [6.07, 6.45) is 4.17. The number of amides is 1. The summed E-state index contributed by atoms with van der Waals surface area (Å²) in [7, 11) is 0. The van der Waals surface area contributed by atoms with Gasteiger partial charge in [0.1, 0.15) is 5.01 Å². The van der Waals surface area contributed by atoms with E-state index in [1.807, 2.05) is 29.6 Å². The standard InChI is InChI=1S/C16H21N3OS/c1-12(8-9-17)2-7-15(20)19-14-5-3-13(4-6-14)16-18-10-11-21-16/h3-6,10-12H,2,7-9,17H2,1H3,(H,19,20). The molecule has 2 aromatic rings. The maximum absolute atomic E-state index is 11.9. The summed E-state index contributed by atoms with van der Waals surface area (Å²) in [6.45, 7) is 2.81. The van der Waals surface area contributed by atoms with Crippen LogP contribution in [-0.2, 0) is 4.79 Å². The van der Waals surface area contributed by atoms with Gasteiger partial charge in [-0.15, -0.1) is 11.3 Å². The van der Waals surface area contributed by atoms with Gasteiger partial charge in [0.05, 0.1) is 0 Å². The van der Waals surface area contributed by atoms with Gasteiger partial charge in [-0.25, -0.2) is 4.98 Å². The van der Waals surface area contributed by atoms with Crippen LogP contribution in [0, 0.1) is 5.92 Å². The molecule has 1 atom stereocenters. The minimum Gasteiger partial charge on any atom is -0.330 e. The predicted molar refractivity (Wildman–Crippen MR) is 88.2 cm³/mol. The van der Waals surface area contributed by atoms with Gasteiger partial charge in [-0.3, -0.25) is 4.79 Å². The van der Waals surface area contributed by atoms with Gasteiger partial charge in [-0.1, -0.05) is 6.92 Å². The van der Waals surface area contributed by atoms with Crippen LogP contribution in [0.25, 0.3) is 10.6 Å². The van der Waals surface area contributed by atoms with Crippen LogP contribution in [0.4, 0.5) is 5.69 Å². The van der Waals surface area contributed by atoms with Gasteiger partial charge in [0, 0.05) is 29.2 Å².